The van der Waals surface area contributed by atoms with Crippen LogP contribution in [-0.2, 0) is 24.3 Å². The monoisotopic (exact) mass is 422 g/mol. The molecule has 2 atom stereocenters. The van der Waals surface area contributed by atoms with Gasteiger partial charge in [-0.05, 0) is 40.9 Å². The van der Waals surface area contributed by atoms with E-state index in [0.717, 1.165) is 28.5 Å². The number of aryl methyl sites for hydroxylation is 1. The molecule has 0 saturated heterocycles. The van der Waals surface area contributed by atoms with E-state index in [9.17, 15) is 9.18 Å². The smallest absolute Gasteiger partial charge is 0.272 e. The van der Waals surface area contributed by atoms with Crippen molar-refractivity contribution in [2.24, 2.45) is 7.05 Å². The molecule has 30 heavy (non-hydrogen) atoms. The summed E-state index contributed by atoms with van der Waals surface area (Å²) < 4.78 is 27.3. The second-order valence-electron chi connectivity index (χ2n) is 6.99. The third-order valence-electron chi connectivity index (χ3n) is 4.99. The van der Waals surface area contributed by atoms with Gasteiger partial charge in [0.2, 0.25) is 5.95 Å². The largest absolute Gasteiger partial charge is 0.345 e. The fourth-order valence-electron chi connectivity index (χ4n) is 3.65. The summed E-state index contributed by atoms with van der Waals surface area (Å²) in [6.07, 6.45) is 3.17. The van der Waals surface area contributed by atoms with Gasteiger partial charge in [0.1, 0.15) is 17.5 Å². The number of amides is 1. The molecule has 2 unspecified atom stereocenters. The van der Waals surface area contributed by atoms with Crippen LogP contribution in [0.15, 0.2) is 53.6 Å². The summed E-state index contributed by atoms with van der Waals surface area (Å²) in [5.41, 5.74) is 2.41. The lowest BCUT2D eigenvalue weighted by molar-refractivity contribution is 0.101. The molecule has 2 aromatic heterocycles. The fourth-order valence-corrected chi connectivity index (χ4v) is 5.03. The van der Waals surface area contributed by atoms with E-state index in [-0.39, 0.29) is 17.4 Å². The van der Waals surface area contributed by atoms with Crippen LogP contribution in [0.1, 0.15) is 39.8 Å². The Kier molecular flexibility index (Phi) is 5.44. The summed E-state index contributed by atoms with van der Waals surface area (Å²) in [4.78, 5) is 17.2. The maximum absolute atomic E-state index is 13.6. The van der Waals surface area contributed by atoms with Crippen molar-refractivity contribution in [2.45, 2.75) is 23.8 Å². The molecule has 4 rings (SSSR count). The van der Waals surface area contributed by atoms with Gasteiger partial charge in [-0.1, -0.05) is 30.3 Å². The topological polar surface area (TPSA) is 107 Å². The molecule has 3 N–H and O–H groups in total. The summed E-state index contributed by atoms with van der Waals surface area (Å²) in [5, 5.41) is 11.6. The van der Waals surface area contributed by atoms with Gasteiger partial charge in [-0.2, -0.15) is 9.65 Å². The van der Waals surface area contributed by atoms with Gasteiger partial charge in [0.15, 0.2) is 0 Å². The van der Waals surface area contributed by atoms with Crippen LogP contribution in [0.2, 0.25) is 0 Å². The minimum Gasteiger partial charge on any atom is -0.345 e. The number of rotatable bonds is 3. The summed E-state index contributed by atoms with van der Waals surface area (Å²) in [6, 6.07) is 14.2. The first-order chi connectivity index (χ1) is 14.5. The Bertz CT molecular complexity index is 1180. The van der Waals surface area contributed by atoms with Crippen molar-refractivity contribution in [2.75, 3.05) is 5.32 Å². The lowest BCUT2D eigenvalue weighted by atomic mass is 9.99. The van der Waals surface area contributed by atoms with Gasteiger partial charge in [0, 0.05) is 31.0 Å². The second kappa shape index (κ2) is 8.18. The lowest BCUT2D eigenvalue weighted by Gasteiger charge is -2.17. The SMILES string of the molecule is Cn1cc2c(c1C(=O)Nc1cc(F)nc(C#N)c1)CCC(c1ccccc1)NS2=N. The van der Waals surface area contributed by atoms with Crippen LogP contribution >= 0.6 is 0 Å². The first-order valence-corrected chi connectivity index (χ1v) is 10.5. The Labute approximate surface area is 175 Å². The molecule has 0 radical (unpaired) electrons. The maximum atomic E-state index is 13.6. The number of halogens is 1. The van der Waals surface area contributed by atoms with Crippen LogP contribution in [0.5, 0.6) is 0 Å². The molecule has 1 aromatic carbocycles. The van der Waals surface area contributed by atoms with E-state index >= 15 is 0 Å². The highest BCUT2D eigenvalue weighted by molar-refractivity contribution is 7.84. The van der Waals surface area contributed by atoms with Gasteiger partial charge in [0.25, 0.3) is 5.91 Å². The van der Waals surface area contributed by atoms with Crippen molar-refractivity contribution < 1.29 is 9.18 Å². The van der Waals surface area contributed by atoms with E-state index in [1.165, 1.54) is 6.07 Å². The molecule has 3 heterocycles. The van der Waals surface area contributed by atoms with Crippen molar-refractivity contribution in [3.05, 3.63) is 77.1 Å². The van der Waals surface area contributed by atoms with Crippen LogP contribution in [-0.4, -0.2) is 15.5 Å². The van der Waals surface area contributed by atoms with Crippen LogP contribution in [0, 0.1) is 22.1 Å². The molecule has 1 aliphatic rings. The lowest BCUT2D eigenvalue weighted by Crippen LogP contribution is -2.21. The zero-order chi connectivity index (χ0) is 21.3. The fraction of sp³-hybridized carbons (Fsp3) is 0.190. The van der Waals surface area contributed by atoms with Gasteiger partial charge in [-0.15, -0.1) is 0 Å². The number of anilines is 1. The van der Waals surface area contributed by atoms with Crippen LogP contribution in [0.3, 0.4) is 0 Å². The van der Waals surface area contributed by atoms with Gasteiger partial charge in [-0.25, -0.2) is 9.71 Å². The van der Waals surface area contributed by atoms with E-state index < -0.39 is 22.7 Å². The number of benzene rings is 1. The van der Waals surface area contributed by atoms with Crippen LogP contribution < -0.4 is 10.0 Å². The highest BCUT2D eigenvalue weighted by atomic mass is 32.2. The minimum absolute atomic E-state index is 0.0214. The van der Waals surface area contributed by atoms with Gasteiger partial charge in [0.05, 0.1) is 4.90 Å². The summed E-state index contributed by atoms with van der Waals surface area (Å²) in [7, 11) is 0.765. The number of hydrogen-bond donors (Lipinski definition) is 3. The van der Waals surface area contributed by atoms with Crippen molar-refractivity contribution >= 4 is 22.5 Å². The molecule has 0 aliphatic carbocycles. The average molecular weight is 422 g/mol. The summed E-state index contributed by atoms with van der Waals surface area (Å²) in [6.45, 7) is 0. The Balaban J connectivity index is 1.63. The Hall–Kier alpha value is -3.35. The molecule has 7 nitrogen and oxygen atoms in total. The second-order valence-corrected chi connectivity index (χ2v) is 8.28. The first-order valence-electron chi connectivity index (χ1n) is 9.30. The third-order valence-corrected chi connectivity index (χ3v) is 6.31. The van der Waals surface area contributed by atoms with E-state index in [2.05, 4.69) is 15.0 Å². The Morgan fingerprint density at radius 2 is 2.17 bits per heavy atom. The van der Waals surface area contributed by atoms with Crippen molar-refractivity contribution in [1.82, 2.24) is 14.3 Å². The number of nitrogens with zero attached hydrogens (tertiary/aromatic N) is 3. The van der Waals surface area contributed by atoms with Crippen LogP contribution in [0.25, 0.3) is 0 Å². The Morgan fingerprint density at radius 1 is 1.40 bits per heavy atom. The number of hydrogen-bond acceptors (Lipinski definition) is 4. The Morgan fingerprint density at radius 3 is 2.90 bits per heavy atom. The number of carbonyl (C=O) groups is 1. The highest BCUT2D eigenvalue weighted by Crippen LogP contribution is 2.31. The van der Waals surface area contributed by atoms with E-state index in [1.807, 2.05) is 30.3 Å². The third kappa shape index (κ3) is 3.87. The maximum Gasteiger partial charge on any atom is 0.272 e. The molecule has 1 aliphatic heterocycles. The molecule has 0 saturated carbocycles. The minimum atomic E-state index is -0.988. The van der Waals surface area contributed by atoms with E-state index in [0.29, 0.717) is 12.1 Å². The zero-order valence-electron chi connectivity index (χ0n) is 16.1. The molecule has 9 heteroatoms. The summed E-state index contributed by atoms with van der Waals surface area (Å²) in [5.74, 6) is -1.25. The van der Waals surface area contributed by atoms with Crippen molar-refractivity contribution in [3.8, 4) is 6.07 Å². The van der Waals surface area contributed by atoms with Crippen molar-refractivity contribution in [3.63, 3.8) is 0 Å². The van der Waals surface area contributed by atoms with E-state index in [4.69, 9.17) is 10.0 Å². The average Bonchev–Trinajstić information content (AvgIpc) is 2.98. The molecular weight excluding hydrogens is 403 g/mol. The summed E-state index contributed by atoms with van der Waals surface area (Å²) >= 11 is 0. The standard InChI is InChI=1S/C21H19FN6OS/c1-28-12-18-16(7-8-17(27-30(18)24)13-5-3-2-4-6-13)20(28)21(29)26-14-9-15(11-23)25-19(22)10-14/h2-6,9-10,12,17H,7-8H2,1H3,(H2,24,27)(H,25,26,29). The van der Waals surface area contributed by atoms with Crippen molar-refractivity contribution in [1.29, 1.82) is 10.0 Å². The highest BCUT2D eigenvalue weighted by Gasteiger charge is 2.27. The zero-order valence-corrected chi connectivity index (χ0v) is 17.0. The molecule has 0 bridgehead atoms. The van der Waals surface area contributed by atoms with Gasteiger partial charge in [-0.3, -0.25) is 9.57 Å². The number of aromatic nitrogens is 2. The predicted octanol–water partition coefficient (Wildman–Crippen LogP) is 3.61. The molecule has 3 aromatic rings. The van der Waals surface area contributed by atoms with Crippen LogP contribution in [0.4, 0.5) is 10.1 Å². The van der Waals surface area contributed by atoms with Gasteiger partial charge < -0.3 is 9.88 Å². The van der Waals surface area contributed by atoms with E-state index in [1.54, 1.807) is 23.9 Å². The molecule has 152 valence electrons. The quantitative estimate of drug-likeness (QED) is 0.561. The molecule has 1 amide bonds. The normalized spacial score (nSPS) is 18.2. The number of nitriles is 1. The molecule has 0 spiro atoms. The number of nitrogens with one attached hydrogen (secondary N) is 3. The molecular formula is C21H19FN6OS. The van der Waals surface area contributed by atoms with Gasteiger partial charge >= 0.3 is 0 Å². The first kappa shape index (κ1) is 19.9. The number of carbonyl (C=O) groups excluding carboxylic acids is 1. The molecule has 0 fully saturated rings. The predicted molar refractivity (Wildman–Crippen MR) is 111 cm³/mol. The number of pyridine rings is 1. The number of fused-ring (bicyclic) bond motifs is 1.